The van der Waals surface area contributed by atoms with Crippen molar-refractivity contribution in [1.29, 1.82) is 0 Å². The molecule has 0 aromatic heterocycles. The molecule has 7 heteroatoms. The van der Waals surface area contributed by atoms with E-state index in [0.29, 0.717) is 32.5 Å². The van der Waals surface area contributed by atoms with Gasteiger partial charge in [0.15, 0.2) is 0 Å². The maximum Gasteiger partial charge on any atom is 0.221 e. The number of carbonyl (C=O) groups excluding carboxylic acids is 2. The molecule has 0 spiro atoms. The monoisotopic (exact) mass is 289 g/mol. The van der Waals surface area contributed by atoms with Crippen molar-refractivity contribution in [3.8, 4) is 0 Å². The van der Waals surface area contributed by atoms with Crippen LogP contribution in [0.2, 0.25) is 0 Å². The van der Waals surface area contributed by atoms with E-state index in [9.17, 15) is 9.59 Å². The molecule has 1 aliphatic heterocycles. The summed E-state index contributed by atoms with van der Waals surface area (Å²) in [5, 5.41) is 8.79. The molecular formula is C12H23N3O3S. The van der Waals surface area contributed by atoms with Crippen molar-refractivity contribution in [3.63, 3.8) is 0 Å². The van der Waals surface area contributed by atoms with E-state index < -0.39 is 0 Å². The van der Waals surface area contributed by atoms with Crippen molar-refractivity contribution in [2.75, 3.05) is 44.9 Å². The molecule has 0 aromatic carbocycles. The minimum Gasteiger partial charge on any atom is -0.383 e. The molecule has 1 fully saturated rings. The van der Waals surface area contributed by atoms with Crippen LogP contribution in [0, 0.1) is 0 Å². The molecule has 0 radical (unpaired) electrons. The van der Waals surface area contributed by atoms with Crippen molar-refractivity contribution in [2.24, 2.45) is 0 Å². The summed E-state index contributed by atoms with van der Waals surface area (Å²) >= 11 is 1.87. The number of hydrogen-bond donors (Lipinski definition) is 3. The van der Waals surface area contributed by atoms with Crippen molar-refractivity contribution in [3.05, 3.63) is 0 Å². The number of rotatable bonds is 8. The third kappa shape index (κ3) is 8.07. The lowest BCUT2D eigenvalue weighted by Crippen LogP contribution is -2.41. The molecule has 19 heavy (non-hydrogen) atoms. The lowest BCUT2D eigenvalue weighted by molar-refractivity contribution is -0.122. The minimum atomic E-state index is -0.0660. The van der Waals surface area contributed by atoms with Crippen LogP contribution >= 0.6 is 11.8 Å². The largest absolute Gasteiger partial charge is 0.383 e. The van der Waals surface area contributed by atoms with E-state index in [0.717, 1.165) is 18.1 Å². The minimum absolute atomic E-state index is 0.00434. The number of thioether (sulfide) groups is 1. The zero-order chi connectivity index (χ0) is 13.9. The number of methoxy groups -OCH3 is 1. The first kappa shape index (κ1) is 16.3. The van der Waals surface area contributed by atoms with Crippen LogP contribution in [-0.4, -0.2) is 62.7 Å². The first-order chi connectivity index (χ1) is 9.22. The summed E-state index contributed by atoms with van der Waals surface area (Å²) in [7, 11) is 1.59. The van der Waals surface area contributed by atoms with Crippen LogP contribution in [0.3, 0.4) is 0 Å². The summed E-state index contributed by atoms with van der Waals surface area (Å²) in [4.78, 5) is 23.0. The first-order valence-electron chi connectivity index (χ1n) is 6.56. The molecule has 1 atom stereocenters. The average Bonchev–Trinajstić information content (AvgIpc) is 2.40. The second-order valence-corrected chi connectivity index (χ2v) is 5.52. The number of amides is 2. The standard InChI is InChI=1S/C12H23N3O3S/c1-18-6-4-15-11(16)2-3-14-12(17)8-10-9-19-7-5-13-10/h10,13H,2-9H2,1H3,(H,14,17)(H,15,16). The second kappa shape index (κ2) is 10.1. The van der Waals surface area contributed by atoms with Crippen molar-refractivity contribution in [2.45, 2.75) is 18.9 Å². The number of nitrogens with one attached hydrogen (secondary N) is 3. The molecule has 2 amide bonds. The third-order valence-electron chi connectivity index (χ3n) is 2.73. The summed E-state index contributed by atoms with van der Waals surface area (Å²) in [6.07, 6.45) is 0.792. The van der Waals surface area contributed by atoms with Crippen LogP contribution in [-0.2, 0) is 14.3 Å². The van der Waals surface area contributed by atoms with Gasteiger partial charge in [0.05, 0.1) is 6.61 Å². The van der Waals surface area contributed by atoms with Crippen molar-refractivity contribution in [1.82, 2.24) is 16.0 Å². The molecule has 0 saturated carbocycles. The van der Waals surface area contributed by atoms with E-state index in [1.165, 1.54) is 0 Å². The zero-order valence-corrected chi connectivity index (χ0v) is 12.2. The Morgan fingerprint density at radius 1 is 1.32 bits per heavy atom. The van der Waals surface area contributed by atoms with E-state index in [4.69, 9.17) is 4.74 Å². The fraction of sp³-hybridized carbons (Fsp3) is 0.833. The highest BCUT2D eigenvalue weighted by atomic mass is 32.2. The van der Waals surface area contributed by atoms with Gasteiger partial charge in [-0.05, 0) is 0 Å². The Hall–Kier alpha value is -0.790. The average molecular weight is 289 g/mol. The van der Waals surface area contributed by atoms with E-state index in [2.05, 4.69) is 16.0 Å². The van der Waals surface area contributed by atoms with Crippen molar-refractivity contribution < 1.29 is 14.3 Å². The lowest BCUT2D eigenvalue weighted by atomic mass is 10.2. The summed E-state index contributed by atoms with van der Waals surface area (Å²) in [5.74, 6) is 2.03. The molecule has 1 rings (SSSR count). The quantitative estimate of drug-likeness (QED) is 0.518. The van der Waals surface area contributed by atoms with Gasteiger partial charge in [-0.2, -0.15) is 11.8 Å². The topological polar surface area (TPSA) is 79.5 Å². The molecule has 0 aliphatic carbocycles. The van der Waals surface area contributed by atoms with Gasteiger partial charge in [0.25, 0.3) is 0 Å². The van der Waals surface area contributed by atoms with Crippen LogP contribution in [0.25, 0.3) is 0 Å². The molecule has 0 aromatic rings. The fourth-order valence-corrected chi connectivity index (χ4v) is 2.69. The van der Waals surface area contributed by atoms with Gasteiger partial charge < -0.3 is 20.7 Å². The fourth-order valence-electron chi connectivity index (χ4n) is 1.74. The maximum absolute atomic E-state index is 11.6. The van der Waals surface area contributed by atoms with Crippen LogP contribution in [0.15, 0.2) is 0 Å². The Balaban J connectivity index is 2.01. The highest BCUT2D eigenvalue weighted by Crippen LogP contribution is 2.09. The van der Waals surface area contributed by atoms with Gasteiger partial charge in [0, 0.05) is 57.1 Å². The molecule has 1 aliphatic rings. The summed E-state index contributed by atoms with van der Waals surface area (Å²) in [6, 6.07) is 0.259. The molecule has 110 valence electrons. The van der Waals surface area contributed by atoms with Crippen LogP contribution in [0.1, 0.15) is 12.8 Å². The van der Waals surface area contributed by atoms with Crippen LogP contribution in [0.4, 0.5) is 0 Å². The molecule has 1 saturated heterocycles. The van der Waals surface area contributed by atoms with E-state index in [-0.39, 0.29) is 17.9 Å². The zero-order valence-electron chi connectivity index (χ0n) is 11.4. The van der Waals surface area contributed by atoms with E-state index in [1.807, 2.05) is 11.8 Å². The maximum atomic E-state index is 11.6. The molecular weight excluding hydrogens is 266 g/mol. The van der Waals surface area contributed by atoms with Gasteiger partial charge in [-0.15, -0.1) is 0 Å². The molecule has 1 unspecified atom stereocenters. The van der Waals surface area contributed by atoms with Crippen LogP contribution < -0.4 is 16.0 Å². The normalized spacial score (nSPS) is 18.9. The molecule has 6 nitrogen and oxygen atoms in total. The Morgan fingerprint density at radius 2 is 2.11 bits per heavy atom. The van der Waals surface area contributed by atoms with Gasteiger partial charge in [-0.3, -0.25) is 9.59 Å². The Morgan fingerprint density at radius 3 is 2.79 bits per heavy atom. The third-order valence-corrected chi connectivity index (χ3v) is 3.86. The molecule has 3 N–H and O–H groups in total. The number of carbonyl (C=O) groups is 2. The Bertz CT molecular complexity index is 283. The highest BCUT2D eigenvalue weighted by Gasteiger charge is 2.16. The highest BCUT2D eigenvalue weighted by molar-refractivity contribution is 7.99. The number of hydrogen-bond acceptors (Lipinski definition) is 5. The molecule has 1 heterocycles. The Kier molecular flexibility index (Phi) is 8.61. The Labute approximate surface area is 118 Å². The second-order valence-electron chi connectivity index (χ2n) is 4.37. The van der Waals surface area contributed by atoms with Crippen molar-refractivity contribution >= 4 is 23.6 Å². The SMILES string of the molecule is COCCNC(=O)CCNC(=O)CC1CSCCN1. The molecule has 0 bridgehead atoms. The van der Waals surface area contributed by atoms with E-state index in [1.54, 1.807) is 7.11 Å². The predicted molar refractivity (Wildman–Crippen MR) is 76.2 cm³/mol. The first-order valence-corrected chi connectivity index (χ1v) is 7.71. The van der Waals surface area contributed by atoms with E-state index >= 15 is 0 Å². The predicted octanol–water partition coefficient (Wildman–Crippen LogP) is -0.650. The van der Waals surface area contributed by atoms with Gasteiger partial charge in [0.2, 0.25) is 11.8 Å². The van der Waals surface area contributed by atoms with Crippen LogP contribution in [0.5, 0.6) is 0 Å². The summed E-state index contributed by atoms with van der Waals surface area (Å²) < 4.78 is 4.83. The van der Waals surface area contributed by atoms with Gasteiger partial charge in [-0.1, -0.05) is 0 Å². The summed E-state index contributed by atoms with van der Waals surface area (Å²) in [5.41, 5.74) is 0. The lowest BCUT2D eigenvalue weighted by Gasteiger charge is -2.22. The van der Waals surface area contributed by atoms with Gasteiger partial charge in [0.1, 0.15) is 0 Å². The van der Waals surface area contributed by atoms with Gasteiger partial charge >= 0.3 is 0 Å². The summed E-state index contributed by atoms with van der Waals surface area (Å²) in [6.45, 7) is 2.36. The smallest absolute Gasteiger partial charge is 0.221 e. The number of ether oxygens (including phenoxy) is 1. The van der Waals surface area contributed by atoms with Gasteiger partial charge in [-0.25, -0.2) is 0 Å².